The molecule has 0 amide bonds. The second kappa shape index (κ2) is 2.09. The van der Waals surface area contributed by atoms with Gasteiger partial charge < -0.3 is 5.11 Å². The molecule has 0 aliphatic rings. The van der Waals surface area contributed by atoms with Crippen LogP contribution in [0, 0.1) is 13.7 Å². The summed E-state index contributed by atoms with van der Waals surface area (Å²) in [5, 5.41) is 9.22. The van der Waals surface area contributed by atoms with Crippen molar-refractivity contribution in [3.8, 4) is 5.75 Å². The monoisotopic (exact) mass is 128 g/mol. The third-order valence-electron chi connectivity index (χ3n) is 0.918. The first kappa shape index (κ1) is 2.01. The molecule has 0 spiro atoms. The van der Waals surface area contributed by atoms with Crippen LogP contribution in [-0.4, -0.2) is 5.11 Å². The third kappa shape index (κ3) is 1.46. The maximum absolute atomic E-state index is 9.22. The SMILES string of the molecule is [2H]C([2H])([2H])c1cc(O)cc(C([2H])([2H])[2H])c1. The van der Waals surface area contributed by atoms with Gasteiger partial charge in [-0.2, -0.15) is 0 Å². The van der Waals surface area contributed by atoms with Gasteiger partial charge in [0.05, 0.1) is 0 Å². The minimum absolute atomic E-state index is 0.173. The van der Waals surface area contributed by atoms with Gasteiger partial charge in [-0.15, -0.1) is 0 Å². The number of aryl methyl sites for hydroxylation is 2. The minimum atomic E-state index is -2.42. The molecule has 1 aromatic rings. The summed E-state index contributed by atoms with van der Waals surface area (Å²) in [5.74, 6) is -0.352. The van der Waals surface area contributed by atoms with E-state index in [9.17, 15) is 5.11 Å². The number of aromatic hydroxyl groups is 1. The zero-order chi connectivity index (χ0) is 11.9. The first-order valence-electron chi connectivity index (χ1n) is 5.46. The summed E-state index contributed by atoms with van der Waals surface area (Å²) in [6, 6.07) is 3.16. The number of hydrogen-bond donors (Lipinski definition) is 1. The van der Waals surface area contributed by atoms with Crippen molar-refractivity contribution in [1.82, 2.24) is 0 Å². The molecule has 0 saturated carbocycles. The number of hydrogen-bond acceptors (Lipinski definition) is 1. The lowest BCUT2D eigenvalue weighted by Gasteiger charge is -1.95. The molecule has 0 unspecified atom stereocenters. The lowest BCUT2D eigenvalue weighted by Crippen LogP contribution is -1.74. The molecule has 48 valence electrons. The number of phenols is 1. The molecule has 9 heavy (non-hydrogen) atoms. The molecule has 1 N–H and O–H groups in total. The number of benzene rings is 1. The van der Waals surface area contributed by atoms with Crippen LogP contribution in [0.15, 0.2) is 18.2 Å². The fourth-order valence-corrected chi connectivity index (χ4v) is 0.611. The molecule has 0 atom stereocenters. The Hall–Kier alpha value is -0.980. The van der Waals surface area contributed by atoms with E-state index in [0.29, 0.717) is 0 Å². The van der Waals surface area contributed by atoms with Crippen LogP contribution in [0.4, 0.5) is 0 Å². The van der Waals surface area contributed by atoms with Crippen LogP contribution in [0.25, 0.3) is 0 Å². The highest BCUT2D eigenvalue weighted by molar-refractivity contribution is 5.31. The lowest BCUT2D eigenvalue weighted by atomic mass is 10.1. The highest BCUT2D eigenvalue weighted by Crippen LogP contribution is 2.13. The van der Waals surface area contributed by atoms with Crippen LogP contribution in [0.1, 0.15) is 19.4 Å². The molecule has 0 bridgehead atoms. The Labute approximate surface area is 63.4 Å². The first-order valence-corrected chi connectivity index (χ1v) is 2.46. The van der Waals surface area contributed by atoms with E-state index in [1.807, 2.05) is 0 Å². The Bertz CT molecular complexity index is 332. The van der Waals surface area contributed by atoms with Gasteiger partial charge in [0.2, 0.25) is 0 Å². The van der Waals surface area contributed by atoms with Crippen molar-refractivity contribution in [2.45, 2.75) is 13.7 Å². The van der Waals surface area contributed by atoms with E-state index in [1.165, 1.54) is 0 Å². The first-order chi connectivity index (χ1) is 6.60. The van der Waals surface area contributed by atoms with Gasteiger partial charge in [0.15, 0.2) is 0 Å². The van der Waals surface area contributed by atoms with Gasteiger partial charge in [0.25, 0.3) is 0 Å². The van der Waals surface area contributed by atoms with Gasteiger partial charge in [-0.3, -0.25) is 0 Å². The van der Waals surface area contributed by atoms with Crippen molar-refractivity contribution in [2.75, 3.05) is 0 Å². The van der Waals surface area contributed by atoms with E-state index >= 15 is 0 Å². The molecule has 1 rings (SSSR count). The lowest BCUT2D eigenvalue weighted by molar-refractivity contribution is 0.474. The van der Waals surface area contributed by atoms with E-state index in [1.54, 1.807) is 0 Å². The van der Waals surface area contributed by atoms with E-state index in [4.69, 9.17) is 8.22 Å². The summed E-state index contributed by atoms with van der Waals surface area (Å²) in [5.41, 5.74) is -0.345. The maximum atomic E-state index is 9.22. The molecule has 0 heterocycles. The van der Waals surface area contributed by atoms with Crippen LogP contribution >= 0.6 is 0 Å². The van der Waals surface area contributed by atoms with E-state index in [0.717, 1.165) is 18.2 Å². The van der Waals surface area contributed by atoms with Crippen LogP contribution in [0.3, 0.4) is 0 Å². The molecule has 0 fully saturated rings. The summed E-state index contributed by atoms with van der Waals surface area (Å²) >= 11 is 0. The van der Waals surface area contributed by atoms with Crippen molar-refractivity contribution in [3.63, 3.8) is 0 Å². The fraction of sp³-hybridized carbons (Fsp3) is 0.250. The summed E-state index contributed by atoms with van der Waals surface area (Å²) < 4.78 is 42.7. The summed E-state index contributed by atoms with van der Waals surface area (Å²) in [6.07, 6.45) is 0. The Balaban J connectivity index is 3.30. The van der Waals surface area contributed by atoms with Crippen molar-refractivity contribution in [3.05, 3.63) is 29.3 Å². The van der Waals surface area contributed by atoms with E-state index in [-0.39, 0.29) is 16.9 Å². The molecule has 0 aromatic heterocycles. The average Bonchev–Trinajstić information content (AvgIpc) is 1.99. The second-order valence-electron chi connectivity index (χ2n) is 1.77. The van der Waals surface area contributed by atoms with Gasteiger partial charge in [-0.1, -0.05) is 6.07 Å². The molecule has 0 saturated heterocycles. The van der Waals surface area contributed by atoms with E-state index < -0.39 is 13.7 Å². The van der Waals surface area contributed by atoms with Crippen molar-refractivity contribution in [1.29, 1.82) is 0 Å². The van der Waals surface area contributed by atoms with Gasteiger partial charge in [0.1, 0.15) is 5.75 Å². The van der Waals surface area contributed by atoms with Gasteiger partial charge in [-0.25, -0.2) is 0 Å². The quantitative estimate of drug-likeness (QED) is 0.566. The smallest absolute Gasteiger partial charge is 0.116 e. The standard InChI is InChI=1S/C8H10O/c1-6-3-7(2)5-8(9)4-6/h3-5,9H,1-2H3/i1D3,2D3. The van der Waals surface area contributed by atoms with Gasteiger partial charge in [0, 0.05) is 8.22 Å². The van der Waals surface area contributed by atoms with Gasteiger partial charge in [-0.05, 0) is 37.0 Å². The highest BCUT2D eigenvalue weighted by atomic mass is 16.3. The van der Waals surface area contributed by atoms with Crippen molar-refractivity contribution in [2.24, 2.45) is 0 Å². The Morgan fingerprint density at radius 2 is 1.78 bits per heavy atom. The summed E-state index contributed by atoms with van der Waals surface area (Å²) in [4.78, 5) is 0. The largest absolute Gasteiger partial charge is 0.508 e. The topological polar surface area (TPSA) is 20.2 Å². The molecular formula is C8H10O. The van der Waals surface area contributed by atoms with Crippen molar-refractivity contribution < 1.29 is 13.3 Å². The molecule has 1 aromatic carbocycles. The normalized spacial score (nSPS) is 22.2. The van der Waals surface area contributed by atoms with E-state index in [2.05, 4.69) is 0 Å². The minimum Gasteiger partial charge on any atom is -0.508 e. The molecule has 1 nitrogen and oxygen atoms in total. The summed E-state index contributed by atoms with van der Waals surface area (Å²) in [6.45, 7) is -4.84. The van der Waals surface area contributed by atoms with Crippen molar-refractivity contribution >= 4 is 0 Å². The van der Waals surface area contributed by atoms with Crippen LogP contribution in [0.2, 0.25) is 0 Å². The average molecular weight is 128 g/mol. The van der Waals surface area contributed by atoms with Crippen LogP contribution in [0.5, 0.6) is 5.75 Å². The molecular weight excluding hydrogens is 112 g/mol. The fourth-order valence-electron chi connectivity index (χ4n) is 0.611. The highest BCUT2D eigenvalue weighted by Gasteiger charge is 1.89. The van der Waals surface area contributed by atoms with Gasteiger partial charge >= 0.3 is 0 Å². The van der Waals surface area contributed by atoms with Crippen LogP contribution in [-0.2, 0) is 0 Å². The second-order valence-corrected chi connectivity index (χ2v) is 1.77. The molecule has 0 aliphatic carbocycles. The zero-order valence-electron chi connectivity index (χ0n) is 10.7. The number of rotatable bonds is 0. The predicted octanol–water partition coefficient (Wildman–Crippen LogP) is 2.01. The third-order valence-corrected chi connectivity index (χ3v) is 0.918. The summed E-state index contributed by atoms with van der Waals surface area (Å²) in [7, 11) is 0. The maximum Gasteiger partial charge on any atom is 0.116 e. The molecule has 0 aliphatic heterocycles. The Morgan fingerprint density at radius 3 is 2.22 bits per heavy atom. The van der Waals surface area contributed by atoms with Crippen LogP contribution < -0.4 is 0 Å². The number of phenolic OH excluding ortho intramolecular Hbond substituents is 1. The Morgan fingerprint density at radius 1 is 1.22 bits per heavy atom. The Kier molecular flexibility index (Phi) is 0.468. The predicted molar refractivity (Wildman–Crippen MR) is 37.6 cm³/mol. The zero-order valence-corrected chi connectivity index (χ0v) is 4.68. The molecule has 1 heteroatoms. The molecule has 0 radical (unpaired) electrons.